The van der Waals surface area contributed by atoms with Gasteiger partial charge in [0, 0.05) is 37.9 Å². The van der Waals surface area contributed by atoms with E-state index in [9.17, 15) is 9.59 Å². The highest BCUT2D eigenvalue weighted by atomic mass is 35.5. The molecule has 0 bridgehead atoms. The fraction of sp³-hybridized carbons (Fsp3) is 0.444. The molecule has 1 unspecified atom stereocenters. The average Bonchev–Trinajstić information content (AvgIpc) is 3.06. The molecule has 0 saturated carbocycles. The van der Waals surface area contributed by atoms with Crippen molar-refractivity contribution in [2.75, 3.05) is 26.0 Å². The summed E-state index contributed by atoms with van der Waals surface area (Å²) in [4.78, 5) is 27.2. The molecule has 0 aliphatic carbocycles. The van der Waals surface area contributed by atoms with Crippen molar-refractivity contribution in [3.63, 3.8) is 0 Å². The third-order valence-corrected chi connectivity index (χ3v) is 5.08. The SMILES string of the molecule is CCc1ccccc1NC(=O)[C@H]1C(=O)N(C)C[C@@H]1C1=CC(Cl)NN1C. The summed E-state index contributed by atoms with van der Waals surface area (Å²) in [5.41, 5.74) is 5.40. The predicted molar refractivity (Wildman–Crippen MR) is 97.7 cm³/mol. The first-order chi connectivity index (χ1) is 11.9. The fourth-order valence-corrected chi connectivity index (χ4v) is 3.83. The first-order valence-electron chi connectivity index (χ1n) is 8.41. The van der Waals surface area contributed by atoms with Crippen molar-refractivity contribution >= 4 is 29.1 Å². The topological polar surface area (TPSA) is 64.7 Å². The van der Waals surface area contributed by atoms with E-state index in [0.717, 1.165) is 23.4 Å². The molecule has 7 heteroatoms. The molecule has 2 amide bonds. The quantitative estimate of drug-likeness (QED) is 0.487. The molecule has 2 aliphatic rings. The third-order valence-electron chi connectivity index (χ3n) is 4.86. The molecular formula is C18H23ClN4O2. The number of nitrogens with one attached hydrogen (secondary N) is 2. The molecule has 2 N–H and O–H groups in total. The Morgan fingerprint density at radius 1 is 1.36 bits per heavy atom. The number of likely N-dealkylation sites (tertiary alicyclic amines) is 1. The maximum atomic E-state index is 12.9. The van der Waals surface area contributed by atoms with Crippen LogP contribution in [0, 0.1) is 11.8 Å². The summed E-state index contributed by atoms with van der Waals surface area (Å²) in [5.74, 6) is -1.42. The molecule has 2 aliphatic heterocycles. The van der Waals surface area contributed by atoms with Crippen molar-refractivity contribution in [1.29, 1.82) is 0 Å². The zero-order chi connectivity index (χ0) is 18.1. The van der Waals surface area contributed by atoms with Crippen LogP contribution in [0.25, 0.3) is 0 Å². The Morgan fingerprint density at radius 2 is 2.08 bits per heavy atom. The maximum Gasteiger partial charge on any atom is 0.237 e. The van der Waals surface area contributed by atoms with E-state index in [1.165, 1.54) is 0 Å². The van der Waals surface area contributed by atoms with Gasteiger partial charge in [-0.15, -0.1) is 0 Å². The second kappa shape index (κ2) is 7.06. The van der Waals surface area contributed by atoms with Crippen LogP contribution in [0.5, 0.6) is 0 Å². The highest BCUT2D eigenvalue weighted by Crippen LogP contribution is 2.34. The number of hydrogen-bond donors (Lipinski definition) is 2. The molecule has 2 heterocycles. The number of para-hydroxylation sites is 1. The van der Waals surface area contributed by atoms with E-state index in [1.807, 2.05) is 44.3 Å². The lowest BCUT2D eigenvalue weighted by Gasteiger charge is -2.24. The van der Waals surface area contributed by atoms with Gasteiger partial charge in [-0.25, -0.2) is 5.43 Å². The van der Waals surface area contributed by atoms with E-state index in [1.54, 1.807) is 17.0 Å². The first kappa shape index (κ1) is 17.8. The zero-order valence-corrected chi connectivity index (χ0v) is 15.4. The van der Waals surface area contributed by atoms with Crippen LogP contribution in [0.2, 0.25) is 0 Å². The Hall–Kier alpha value is -2.05. The molecule has 3 rings (SSSR count). The molecule has 1 aromatic carbocycles. The molecular weight excluding hydrogens is 340 g/mol. The van der Waals surface area contributed by atoms with E-state index in [-0.39, 0.29) is 23.2 Å². The lowest BCUT2D eigenvalue weighted by molar-refractivity contribution is -0.135. The van der Waals surface area contributed by atoms with Gasteiger partial charge in [-0.05, 0) is 24.1 Å². The Balaban J connectivity index is 1.86. The summed E-state index contributed by atoms with van der Waals surface area (Å²) in [6, 6.07) is 7.66. The number of alkyl halides is 1. The monoisotopic (exact) mass is 362 g/mol. The molecule has 1 fully saturated rings. The van der Waals surface area contributed by atoms with E-state index >= 15 is 0 Å². The number of carbonyl (C=O) groups excluding carboxylic acids is 2. The molecule has 0 radical (unpaired) electrons. The predicted octanol–water partition coefficient (Wildman–Crippen LogP) is 1.79. The Kier molecular flexibility index (Phi) is 5.01. The van der Waals surface area contributed by atoms with Gasteiger partial charge in [0.2, 0.25) is 11.8 Å². The number of anilines is 1. The van der Waals surface area contributed by atoms with Gasteiger partial charge in [-0.1, -0.05) is 36.7 Å². The second-order valence-corrected chi connectivity index (χ2v) is 6.95. The van der Waals surface area contributed by atoms with E-state index in [4.69, 9.17) is 11.6 Å². The molecule has 134 valence electrons. The summed E-state index contributed by atoms with van der Waals surface area (Å²) in [5, 5.41) is 4.75. The normalized spacial score (nSPS) is 26.2. The minimum absolute atomic E-state index is 0.163. The van der Waals surface area contributed by atoms with Crippen molar-refractivity contribution in [2.45, 2.75) is 18.8 Å². The lowest BCUT2D eigenvalue weighted by Crippen LogP contribution is -2.38. The second-order valence-electron chi connectivity index (χ2n) is 6.48. The number of nitrogens with zero attached hydrogens (tertiary/aromatic N) is 2. The summed E-state index contributed by atoms with van der Waals surface area (Å²) in [6.07, 6.45) is 2.67. The molecule has 3 atom stereocenters. The number of hydrazine groups is 1. The van der Waals surface area contributed by atoms with Crippen LogP contribution in [0.15, 0.2) is 36.0 Å². The van der Waals surface area contributed by atoms with Crippen LogP contribution in [-0.4, -0.2) is 47.9 Å². The summed E-state index contributed by atoms with van der Waals surface area (Å²) in [7, 11) is 3.57. The Bertz CT molecular complexity index is 721. The number of aryl methyl sites for hydroxylation is 1. The molecule has 25 heavy (non-hydrogen) atoms. The van der Waals surface area contributed by atoms with Gasteiger partial charge in [0.25, 0.3) is 0 Å². The zero-order valence-electron chi connectivity index (χ0n) is 14.6. The number of amides is 2. The minimum atomic E-state index is -0.757. The molecule has 0 spiro atoms. The summed E-state index contributed by atoms with van der Waals surface area (Å²) < 4.78 is 0. The van der Waals surface area contributed by atoms with Gasteiger partial charge in [0.15, 0.2) is 0 Å². The van der Waals surface area contributed by atoms with Crippen molar-refractivity contribution in [3.05, 3.63) is 41.6 Å². The first-order valence-corrected chi connectivity index (χ1v) is 8.85. The number of halogens is 1. The number of hydrogen-bond acceptors (Lipinski definition) is 4. The Morgan fingerprint density at radius 3 is 2.72 bits per heavy atom. The number of carbonyl (C=O) groups is 2. The lowest BCUT2D eigenvalue weighted by atomic mass is 9.91. The van der Waals surface area contributed by atoms with Crippen LogP contribution in [0.3, 0.4) is 0 Å². The highest BCUT2D eigenvalue weighted by Gasteiger charge is 2.47. The maximum absolute atomic E-state index is 12.9. The summed E-state index contributed by atoms with van der Waals surface area (Å²) in [6.45, 7) is 2.53. The van der Waals surface area contributed by atoms with E-state index < -0.39 is 5.92 Å². The van der Waals surface area contributed by atoms with Gasteiger partial charge >= 0.3 is 0 Å². The van der Waals surface area contributed by atoms with Crippen molar-refractivity contribution in [1.82, 2.24) is 15.3 Å². The van der Waals surface area contributed by atoms with Crippen LogP contribution in [0.1, 0.15) is 12.5 Å². The van der Waals surface area contributed by atoms with E-state index in [0.29, 0.717) is 6.54 Å². The van der Waals surface area contributed by atoms with Gasteiger partial charge in [-0.2, -0.15) is 0 Å². The van der Waals surface area contributed by atoms with Crippen LogP contribution in [0.4, 0.5) is 5.69 Å². The largest absolute Gasteiger partial charge is 0.344 e. The number of benzene rings is 1. The fourth-order valence-electron chi connectivity index (χ4n) is 3.55. The van der Waals surface area contributed by atoms with Crippen molar-refractivity contribution in [3.8, 4) is 0 Å². The van der Waals surface area contributed by atoms with Gasteiger partial charge in [-0.3, -0.25) is 9.59 Å². The number of rotatable bonds is 4. The molecule has 0 aromatic heterocycles. The average molecular weight is 363 g/mol. The summed E-state index contributed by atoms with van der Waals surface area (Å²) >= 11 is 6.12. The molecule has 1 saturated heterocycles. The van der Waals surface area contributed by atoms with Crippen molar-refractivity contribution < 1.29 is 9.59 Å². The molecule has 6 nitrogen and oxygen atoms in total. The minimum Gasteiger partial charge on any atom is -0.344 e. The molecule has 1 aromatic rings. The van der Waals surface area contributed by atoms with E-state index in [2.05, 4.69) is 10.7 Å². The Labute approximate surface area is 152 Å². The third kappa shape index (κ3) is 3.37. The van der Waals surface area contributed by atoms with Crippen molar-refractivity contribution in [2.24, 2.45) is 11.8 Å². The van der Waals surface area contributed by atoms with Crippen LogP contribution >= 0.6 is 11.6 Å². The standard InChI is InChI=1S/C18H23ClN4O2/c1-4-11-7-5-6-8-13(11)20-17(24)16-12(10-22(2)18(16)25)14-9-15(19)21-23(14)3/h5-9,12,15-16,21H,4,10H2,1-3H3,(H,20,24)/t12-,15?,16+/m1/s1. The smallest absolute Gasteiger partial charge is 0.237 e. The highest BCUT2D eigenvalue weighted by molar-refractivity contribution is 6.21. The van der Waals surface area contributed by atoms with Gasteiger partial charge in [0.05, 0.1) is 0 Å². The van der Waals surface area contributed by atoms with Gasteiger partial charge in [0.1, 0.15) is 11.4 Å². The van der Waals surface area contributed by atoms with Crippen LogP contribution in [-0.2, 0) is 16.0 Å². The van der Waals surface area contributed by atoms with Crippen LogP contribution < -0.4 is 10.7 Å². The van der Waals surface area contributed by atoms with Gasteiger partial charge < -0.3 is 15.2 Å².